The highest BCUT2D eigenvalue weighted by Gasteiger charge is 2.15. The van der Waals surface area contributed by atoms with E-state index in [2.05, 4.69) is 4.74 Å². The van der Waals surface area contributed by atoms with Crippen LogP contribution >= 0.6 is 0 Å². The first-order chi connectivity index (χ1) is 8.49. The van der Waals surface area contributed by atoms with Crippen LogP contribution in [0.2, 0.25) is 0 Å². The maximum atomic E-state index is 11.8. The largest absolute Gasteiger partial charge is 0.496 e. The number of ketones is 1. The molecule has 0 aromatic heterocycles. The molecule has 0 saturated carbocycles. The van der Waals surface area contributed by atoms with Gasteiger partial charge >= 0.3 is 5.97 Å². The average Bonchev–Trinajstić information content (AvgIpc) is 2.36. The third kappa shape index (κ3) is 3.20. The number of esters is 1. The van der Waals surface area contributed by atoms with Crippen molar-refractivity contribution in [3.8, 4) is 5.75 Å². The zero-order valence-corrected chi connectivity index (χ0v) is 10.9. The van der Waals surface area contributed by atoms with Gasteiger partial charge in [-0.2, -0.15) is 0 Å². The van der Waals surface area contributed by atoms with Crippen molar-refractivity contribution in [3.63, 3.8) is 0 Å². The summed E-state index contributed by atoms with van der Waals surface area (Å²) in [5.74, 6) is -0.294. The van der Waals surface area contributed by atoms with Crippen LogP contribution in [0, 0.1) is 0 Å². The van der Waals surface area contributed by atoms with Gasteiger partial charge in [0.1, 0.15) is 11.3 Å². The Bertz CT molecular complexity index is 497. The van der Waals surface area contributed by atoms with Gasteiger partial charge in [0.25, 0.3) is 0 Å². The Balaban J connectivity index is 3.22. The predicted molar refractivity (Wildman–Crippen MR) is 68.1 cm³/mol. The van der Waals surface area contributed by atoms with Gasteiger partial charge in [0.15, 0.2) is 5.78 Å². The van der Waals surface area contributed by atoms with Crippen molar-refractivity contribution in [2.24, 2.45) is 0 Å². The summed E-state index contributed by atoms with van der Waals surface area (Å²) in [6, 6.07) is 4.68. The van der Waals surface area contributed by atoms with Crippen LogP contribution in [0.1, 0.15) is 34.6 Å². The molecule has 0 unspecified atom stereocenters. The third-order valence-electron chi connectivity index (χ3n) is 2.31. The van der Waals surface area contributed by atoms with Gasteiger partial charge in [-0.05, 0) is 38.1 Å². The first-order valence-electron chi connectivity index (χ1n) is 5.45. The molecule has 96 valence electrons. The molecule has 0 N–H and O–H groups in total. The number of allylic oxidation sites excluding steroid dienone is 2. The summed E-state index contributed by atoms with van der Waals surface area (Å²) < 4.78 is 9.71. The maximum absolute atomic E-state index is 11.8. The maximum Gasteiger partial charge on any atom is 0.341 e. The second-order valence-electron chi connectivity index (χ2n) is 3.99. The lowest BCUT2D eigenvalue weighted by molar-refractivity contribution is 0.0597. The van der Waals surface area contributed by atoms with Gasteiger partial charge in [-0.15, -0.1) is 0 Å². The van der Waals surface area contributed by atoms with E-state index in [1.807, 2.05) is 13.8 Å². The summed E-state index contributed by atoms with van der Waals surface area (Å²) in [6.07, 6.45) is 1.52. The number of rotatable bonds is 4. The van der Waals surface area contributed by atoms with Crippen LogP contribution in [-0.2, 0) is 4.74 Å². The second-order valence-corrected chi connectivity index (χ2v) is 3.99. The second kappa shape index (κ2) is 6.00. The van der Waals surface area contributed by atoms with E-state index in [1.165, 1.54) is 26.4 Å². The minimum atomic E-state index is -0.529. The highest BCUT2D eigenvalue weighted by molar-refractivity contribution is 6.06. The van der Waals surface area contributed by atoms with Gasteiger partial charge in [-0.25, -0.2) is 4.79 Å². The first kappa shape index (κ1) is 14.0. The average molecular weight is 248 g/mol. The third-order valence-corrected chi connectivity index (χ3v) is 2.31. The SMILES string of the molecule is COC(=O)c1cc(C(=O)C=C(C)C)ccc1OC. The molecule has 0 radical (unpaired) electrons. The molecule has 1 rings (SSSR count). The fourth-order valence-corrected chi connectivity index (χ4v) is 1.48. The van der Waals surface area contributed by atoms with Crippen molar-refractivity contribution in [2.45, 2.75) is 13.8 Å². The Hall–Kier alpha value is -2.10. The van der Waals surface area contributed by atoms with Crippen LogP contribution in [0.5, 0.6) is 5.75 Å². The van der Waals surface area contributed by atoms with Crippen LogP contribution in [0.25, 0.3) is 0 Å². The molecular formula is C14H16O4. The normalized spacial score (nSPS) is 9.56. The fraction of sp³-hybridized carbons (Fsp3) is 0.286. The topological polar surface area (TPSA) is 52.6 Å². The molecule has 18 heavy (non-hydrogen) atoms. The molecule has 1 aromatic carbocycles. The van der Waals surface area contributed by atoms with Crippen LogP contribution in [0.15, 0.2) is 29.8 Å². The molecule has 0 saturated heterocycles. The van der Waals surface area contributed by atoms with E-state index in [0.717, 1.165) is 5.57 Å². The zero-order valence-electron chi connectivity index (χ0n) is 10.9. The van der Waals surface area contributed by atoms with Crippen molar-refractivity contribution < 1.29 is 19.1 Å². The molecule has 4 nitrogen and oxygen atoms in total. The van der Waals surface area contributed by atoms with E-state index >= 15 is 0 Å². The molecule has 0 bridgehead atoms. The van der Waals surface area contributed by atoms with Crippen LogP contribution in [0.3, 0.4) is 0 Å². The van der Waals surface area contributed by atoms with Crippen LogP contribution in [0.4, 0.5) is 0 Å². The van der Waals surface area contributed by atoms with Gasteiger partial charge in [-0.3, -0.25) is 4.79 Å². The lowest BCUT2D eigenvalue weighted by atomic mass is 10.0. The summed E-state index contributed by atoms with van der Waals surface area (Å²) in [5, 5.41) is 0. The van der Waals surface area contributed by atoms with Gasteiger partial charge in [0.05, 0.1) is 14.2 Å². The molecule has 1 aromatic rings. The molecule has 0 atom stereocenters. The van der Waals surface area contributed by atoms with E-state index < -0.39 is 5.97 Å². The van der Waals surface area contributed by atoms with E-state index in [4.69, 9.17) is 4.74 Å². The van der Waals surface area contributed by atoms with E-state index in [0.29, 0.717) is 11.3 Å². The number of carbonyl (C=O) groups is 2. The van der Waals surface area contributed by atoms with E-state index in [9.17, 15) is 9.59 Å². The van der Waals surface area contributed by atoms with E-state index in [1.54, 1.807) is 12.1 Å². The number of carbonyl (C=O) groups excluding carboxylic acids is 2. The summed E-state index contributed by atoms with van der Waals surface area (Å²) in [7, 11) is 2.74. The molecule has 4 heteroatoms. The number of hydrogen-bond acceptors (Lipinski definition) is 4. The highest BCUT2D eigenvalue weighted by Crippen LogP contribution is 2.21. The van der Waals surface area contributed by atoms with Crippen molar-refractivity contribution in [3.05, 3.63) is 41.0 Å². The quantitative estimate of drug-likeness (QED) is 0.467. The lowest BCUT2D eigenvalue weighted by Crippen LogP contribution is -2.06. The molecule has 0 amide bonds. The molecule has 0 aliphatic heterocycles. The zero-order chi connectivity index (χ0) is 13.7. The Labute approximate surface area is 106 Å². The molecule has 0 spiro atoms. The van der Waals surface area contributed by atoms with Gasteiger partial charge < -0.3 is 9.47 Å². The molecule has 0 heterocycles. The van der Waals surface area contributed by atoms with Crippen molar-refractivity contribution in [1.29, 1.82) is 0 Å². The Morgan fingerprint density at radius 1 is 1.17 bits per heavy atom. The summed E-state index contributed by atoms with van der Waals surface area (Å²) in [4.78, 5) is 23.4. The minimum Gasteiger partial charge on any atom is -0.496 e. The van der Waals surface area contributed by atoms with Gasteiger partial charge in [0, 0.05) is 5.56 Å². The molecule has 0 aliphatic carbocycles. The number of benzene rings is 1. The van der Waals surface area contributed by atoms with Crippen LogP contribution < -0.4 is 4.74 Å². The summed E-state index contributed by atoms with van der Waals surface area (Å²) in [5.41, 5.74) is 1.57. The number of methoxy groups -OCH3 is 2. The summed E-state index contributed by atoms with van der Waals surface area (Å²) >= 11 is 0. The highest BCUT2D eigenvalue weighted by atomic mass is 16.5. The lowest BCUT2D eigenvalue weighted by Gasteiger charge is -2.08. The van der Waals surface area contributed by atoms with Gasteiger partial charge in [-0.1, -0.05) is 5.57 Å². The summed E-state index contributed by atoms with van der Waals surface area (Å²) in [6.45, 7) is 3.67. The first-order valence-corrected chi connectivity index (χ1v) is 5.45. The van der Waals surface area contributed by atoms with E-state index in [-0.39, 0.29) is 11.3 Å². The molecular weight excluding hydrogens is 232 g/mol. The Kier molecular flexibility index (Phi) is 4.66. The van der Waals surface area contributed by atoms with Crippen LogP contribution in [-0.4, -0.2) is 26.0 Å². The fourth-order valence-electron chi connectivity index (χ4n) is 1.48. The Morgan fingerprint density at radius 3 is 2.33 bits per heavy atom. The molecule has 0 fully saturated rings. The van der Waals surface area contributed by atoms with Crippen molar-refractivity contribution in [2.75, 3.05) is 14.2 Å². The van der Waals surface area contributed by atoms with Crippen molar-refractivity contribution in [1.82, 2.24) is 0 Å². The van der Waals surface area contributed by atoms with Crippen molar-refractivity contribution >= 4 is 11.8 Å². The minimum absolute atomic E-state index is 0.150. The Morgan fingerprint density at radius 2 is 1.83 bits per heavy atom. The smallest absolute Gasteiger partial charge is 0.341 e. The standard InChI is InChI=1S/C14H16O4/c1-9(2)7-12(15)10-5-6-13(17-3)11(8-10)14(16)18-4/h5-8H,1-4H3. The number of hydrogen-bond donors (Lipinski definition) is 0. The van der Waals surface area contributed by atoms with Gasteiger partial charge in [0.2, 0.25) is 0 Å². The monoisotopic (exact) mass is 248 g/mol. The predicted octanol–water partition coefficient (Wildman–Crippen LogP) is 2.63. The number of ether oxygens (including phenoxy) is 2. The molecule has 0 aliphatic rings.